The third kappa shape index (κ3) is 6.08. The minimum atomic E-state index is 0.564. The molecule has 1 aromatic carbocycles. The molecular weight excluding hydrogens is 236 g/mol. The van der Waals surface area contributed by atoms with Crippen molar-refractivity contribution in [3.05, 3.63) is 29.8 Å². The van der Waals surface area contributed by atoms with Gasteiger partial charge in [0.05, 0.1) is 6.61 Å². The lowest BCUT2D eigenvalue weighted by Gasteiger charge is -2.25. The fourth-order valence-corrected chi connectivity index (χ4v) is 2.14. The van der Waals surface area contributed by atoms with E-state index in [2.05, 4.69) is 25.7 Å². The van der Waals surface area contributed by atoms with Gasteiger partial charge in [-0.1, -0.05) is 19.1 Å². The molecule has 1 aromatic rings. The van der Waals surface area contributed by atoms with E-state index in [-0.39, 0.29) is 0 Å². The summed E-state index contributed by atoms with van der Waals surface area (Å²) in [7, 11) is 0. The van der Waals surface area contributed by atoms with Crippen LogP contribution in [-0.4, -0.2) is 30.6 Å². The van der Waals surface area contributed by atoms with E-state index >= 15 is 0 Å². The Kier molecular flexibility index (Phi) is 7.53. The summed E-state index contributed by atoms with van der Waals surface area (Å²) in [6, 6.07) is 8.64. The van der Waals surface area contributed by atoms with Gasteiger partial charge in [0.15, 0.2) is 0 Å². The lowest BCUT2D eigenvalue weighted by molar-refractivity contribution is 0.198. The van der Waals surface area contributed by atoms with Crippen LogP contribution in [0.15, 0.2) is 24.3 Å². The van der Waals surface area contributed by atoms with Gasteiger partial charge in [-0.05, 0) is 50.9 Å². The second-order valence-electron chi connectivity index (χ2n) is 5.18. The Bertz CT molecular complexity index is 352. The molecule has 0 bridgehead atoms. The van der Waals surface area contributed by atoms with E-state index in [1.165, 1.54) is 13.0 Å². The molecule has 0 aliphatic carbocycles. The monoisotopic (exact) mass is 264 g/mol. The lowest BCUT2D eigenvalue weighted by Crippen LogP contribution is -2.33. The van der Waals surface area contributed by atoms with Gasteiger partial charge in [-0.25, -0.2) is 0 Å². The zero-order valence-corrected chi connectivity index (χ0v) is 12.6. The van der Waals surface area contributed by atoms with E-state index in [0.717, 1.165) is 30.9 Å². The summed E-state index contributed by atoms with van der Waals surface area (Å²) in [6.45, 7) is 10.3. The van der Waals surface area contributed by atoms with E-state index in [1.54, 1.807) is 0 Å². The van der Waals surface area contributed by atoms with Gasteiger partial charge in [-0.2, -0.15) is 0 Å². The summed E-state index contributed by atoms with van der Waals surface area (Å²) in [6.07, 6.45) is 2.27. The van der Waals surface area contributed by atoms with Crippen molar-refractivity contribution >= 4 is 0 Å². The standard InChI is InChI=1S/C16H28N2O/c1-4-9-18(14(2)3)10-6-11-19-16-8-5-7-15(12-16)13-17/h5,7-8,12,14H,4,6,9-11,13,17H2,1-3H3. The Balaban J connectivity index is 2.29. The van der Waals surface area contributed by atoms with Gasteiger partial charge in [0.25, 0.3) is 0 Å². The van der Waals surface area contributed by atoms with Crippen LogP contribution in [0, 0.1) is 0 Å². The predicted octanol–water partition coefficient (Wildman–Crippen LogP) is 3.03. The summed E-state index contributed by atoms with van der Waals surface area (Å²) < 4.78 is 5.77. The number of benzene rings is 1. The smallest absolute Gasteiger partial charge is 0.119 e. The van der Waals surface area contributed by atoms with E-state index < -0.39 is 0 Å². The van der Waals surface area contributed by atoms with Crippen molar-refractivity contribution in [1.29, 1.82) is 0 Å². The molecule has 0 saturated carbocycles. The number of nitrogens with two attached hydrogens (primary N) is 1. The maximum Gasteiger partial charge on any atom is 0.119 e. The molecule has 0 amide bonds. The van der Waals surface area contributed by atoms with E-state index in [0.29, 0.717) is 12.6 Å². The highest BCUT2D eigenvalue weighted by molar-refractivity contribution is 5.28. The van der Waals surface area contributed by atoms with Crippen LogP contribution in [0.25, 0.3) is 0 Å². The highest BCUT2D eigenvalue weighted by Crippen LogP contribution is 2.13. The zero-order valence-electron chi connectivity index (χ0n) is 12.6. The molecule has 19 heavy (non-hydrogen) atoms. The van der Waals surface area contributed by atoms with Crippen molar-refractivity contribution in [2.45, 2.75) is 46.2 Å². The molecule has 0 atom stereocenters. The second-order valence-corrected chi connectivity index (χ2v) is 5.18. The van der Waals surface area contributed by atoms with Crippen LogP contribution >= 0.6 is 0 Å². The van der Waals surface area contributed by atoms with E-state index in [9.17, 15) is 0 Å². The first kappa shape index (κ1) is 16.0. The van der Waals surface area contributed by atoms with E-state index in [4.69, 9.17) is 10.5 Å². The SMILES string of the molecule is CCCN(CCCOc1cccc(CN)c1)C(C)C. The predicted molar refractivity (Wildman–Crippen MR) is 81.4 cm³/mol. The Morgan fingerprint density at radius 2 is 2.05 bits per heavy atom. The second kappa shape index (κ2) is 8.94. The minimum Gasteiger partial charge on any atom is -0.494 e. The number of rotatable bonds is 9. The number of hydrogen-bond acceptors (Lipinski definition) is 3. The first-order chi connectivity index (χ1) is 9.17. The largest absolute Gasteiger partial charge is 0.494 e. The van der Waals surface area contributed by atoms with Crippen LogP contribution in [0.4, 0.5) is 0 Å². The van der Waals surface area contributed by atoms with Crippen LogP contribution in [0.3, 0.4) is 0 Å². The van der Waals surface area contributed by atoms with Crippen molar-refractivity contribution in [3.63, 3.8) is 0 Å². The maximum atomic E-state index is 5.77. The Labute approximate surface area is 117 Å². The van der Waals surface area contributed by atoms with Gasteiger partial charge in [0, 0.05) is 19.1 Å². The van der Waals surface area contributed by atoms with Gasteiger partial charge in [-0.15, -0.1) is 0 Å². The molecule has 0 aliphatic rings. The molecule has 0 fully saturated rings. The van der Waals surface area contributed by atoms with Crippen LogP contribution in [0.1, 0.15) is 39.2 Å². The minimum absolute atomic E-state index is 0.564. The molecule has 3 heteroatoms. The molecule has 0 radical (unpaired) electrons. The first-order valence-corrected chi connectivity index (χ1v) is 7.33. The fourth-order valence-electron chi connectivity index (χ4n) is 2.14. The van der Waals surface area contributed by atoms with Crippen LogP contribution in [0.5, 0.6) is 5.75 Å². The van der Waals surface area contributed by atoms with Crippen molar-refractivity contribution in [2.24, 2.45) is 5.73 Å². The third-order valence-corrected chi connectivity index (χ3v) is 3.23. The fraction of sp³-hybridized carbons (Fsp3) is 0.625. The maximum absolute atomic E-state index is 5.77. The summed E-state index contributed by atoms with van der Waals surface area (Å²) in [5, 5.41) is 0. The summed E-state index contributed by atoms with van der Waals surface area (Å²) in [5.74, 6) is 0.925. The number of nitrogens with zero attached hydrogens (tertiary/aromatic N) is 1. The molecule has 0 heterocycles. The zero-order chi connectivity index (χ0) is 14.1. The number of ether oxygens (including phenoxy) is 1. The topological polar surface area (TPSA) is 38.5 Å². The molecule has 3 nitrogen and oxygen atoms in total. The molecule has 0 aromatic heterocycles. The summed E-state index contributed by atoms with van der Waals surface area (Å²) >= 11 is 0. The van der Waals surface area contributed by atoms with Crippen LogP contribution in [-0.2, 0) is 6.54 Å². The Morgan fingerprint density at radius 1 is 1.26 bits per heavy atom. The van der Waals surface area contributed by atoms with Crippen molar-refractivity contribution in [3.8, 4) is 5.75 Å². The highest BCUT2D eigenvalue weighted by atomic mass is 16.5. The van der Waals surface area contributed by atoms with Crippen molar-refractivity contribution < 1.29 is 4.74 Å². The molecular formula is C16H28N2O. The quantitative estimate of drug-likeness (QED) is 0.697. The van der Waals surface area contributed by atoms with Gasteiger partial charge in [-0.3, -0.25) is 0 Å². The average Bonchev–Trinajstić information content (AvgIpc) is 2.42. The molecule has 0 aliphatic heterocycles. The highest BCUT2D eigenvalue weighted by Gasteiger charge is 2.07. The average molecular weight is 264 g/mol. The molecule has 1 rings (SSSR count). The molecule has 2 N–H and O–H groups in total. The van der Waals surface area contributed by atoms with Gasteiger partial charge < -0.3 is 15.4 Å². The first-order valence-electron chi connectivity index (χ1n) is 7.33. The van der Waals surface area contributed by atoms with Crippen molar-refractivity contribution in [1.82, 2.24) is 4.90 Å². The van der Waals surface area contributed by atoms with Crippen LogP contribution < -0.4 is 10.5 Å². The summed E-state index contributed by atoms with van der Waals surface area (Å²) in [5.41, 5.74) is 6.74. The molecule has 0 spiro atoms. The van der Waals surface area contributed by atoms with Crippen LogP contribution in [0.2, 0.25) is 0 Å². The lowest BCUT2D eigenvalue weighted by atomic mass is 10.2. The molecule has 0 unspecified atom stereocenters. The van der Waals surface area contributed by atoms with Gasteiger partial charge in [0.1, 0.15) is 5.75 Å². The Hall–Kier alpha value is -1.06. The van der Waals surface area contributed by atoms with Crippen molar-refractivity contribution in [2.75, 3.05) is 19.7 Å². The Morgan fingerprint density at radius 3 is 2.68 bits per heavy atom. The third-order valence-electron chi connectivity index (χ3n) is 3.23. The van der Waals surface area contributed by atoms with Gasteiger partial charge in [0.2, 0.25) is 0 Å². The summed E-state index contributed by atoms with van der Waals surface area (Å²) in [4.78, 5) is 2.50. The number of hydrogen-bond donors (Lipinski definition) is 1. The van der Waals surface area contributed by atoms with Gasteiger partial charge >= 0.3 is 0 Å². The van der Waals surface area contributed by atoms with E-state index in [1.807, 2.05) is 24.3 Å². The molecule has 0 saturated heterocycles. The molecule has 108 valence electrons. The normalized spacial score (nSPS) is 11.3.